The molecule has 5 rings (SSSR count). The SMILES string of the molecule is CN1CCN(CN2C(=O)S/C(=C/c3cn(Cc4ccccc4)c4ccccc34)C2=O)CC1. The van der Waals surface area contributed by atoms with Crippen LogP contribution < -0.4 is 0 Å². The second kappa shape index (κ2) is 8.94. The topological polar surface area (TPSA) is 48.8 Å². The number of fused-ring (bicyclic) bond motifs is 1. The maximum Gasteiger partial charge on any atom is 0.294 e. The maximum atomic E-state index is 13.1. The van der Waals surface area contributed by atoms with Gasteiger partial charge in [-0.15, -0.1) is 0 Å². The monoisotopic (exact) mass is 446 g/mol. The summed E-state index contributed by atoms with van der Waals surface area (Å²) in [5, 5.41) is 0.891. The molecule has 0 aliphatic carbocycles. The lowest BCUT2D eigenvalue weighted by Gasteiger charge is -2.33. The van der Waals surface area contributed by atoms with Crippen molar-refractivity contribution in [3.8, 4) is 0 Å². The Kier molecular flexibility index (Phi) is 5.87. The summed E-state index contributed by atoms with van der Waals surface area (Å²) < 4.78 is 2.20. The molecular weight excluding hydrogens is 420 g/mol. The van der Waals surface area contributed by atoms with Gasteiger partial charge in [0, 0.05) is 55.4 Å². The number of likely N-dealkylation sites (N-methyl/N-ethyl adjacent to an activating group) is 1. The van der Waals surface area contributed by atoms with Gasteiger partial charge in [0.05, 0.1) is 11.6 Å². The molecule has 2 fully saturated rings. The van der Waals surface area contributed by atoms with Crippen LogP contribution in [0.15, 0.2) is 65.7 Å². The molecular formula is C25H26N4O2S. The fraction of sp³-hybridized carbons (Fsp3) is 0.280. The zero-order valence-corrected chi connectivity index (χ0v) is 18.9. The molecule has 0 atom stereocenters. The molecule has 164 valence electrons. The van der Waals surface area contributed by atoms with Crippen molar-refractivity contribution in [1.82, 2.24) is 19.3 Å². The average molecular weight is 447 g/mol. The van der Waals surface area contributed by atoms with Gasteiger partial charge in [-0.05, 0) is 36.5 Å². The highest BCUT2D eigenvalue weighted by molar-refractivity contribution is 8.18. The number of hydrogen-bond donors (Lipinski definition) is 0. The normalized spacial score (nSPS) is 19.5. The summed E-state index contributed by atoms with van der Waals surface area (Å²) in [5.41, 5.74) is 3.29. The van der Waals surface area contributed by atoms with Gasteiger partial charge in [0.1, 0.15) is 0 Å². The van der Waals surface area contributed by atoms with Gasteiger partial charge in [0.25, 0.3) is 11.1 Å². The number of piperazine rings is 1. The van der Waals surface area contributed by atoms with Crippen molar-refractivity contribution in [1.29, 1.82) is 0 Å². The number of rotatable bonds is 5. The number of benzene rings is 2. The fourth-order valence-electron chi connectivity index (χ4n) is 4.25. The van der Waals surface area contributed by atoms with Crippen LogP contribution in [0.5, 0.6) is 0 Å². The first-order valence-electron chi connectivity index (χ1n) is 10.9. The molecule has 2 aliphatic rings. The van der Waals surface area contributed by atoms with E-state index < -0.39 is 0 Å². The summed E-state index contributed by atoms with van der Waals surface area (Å²) in [6, 6.07) is 18.5. The summed E-state index contributed by atoms with van der Waals surface area (Å²) >= 11 is 1.04. The summed E-state index contributed by atoms with van der Waals surface area (Å²) in [7, 11) is 2.09. The van der Waals surface area contributed by atoms with Crippen molar-refractivity contribution in [2.24, 2.45) is 0 Å². The Labute approximate surface area is 192 Å². The van der Waals surface area contributed by atoms with E-state index in [0.29, 0.717) is 11.6 Å². The molecule has 2 aromatic carbocycles. The molecule has 0 spiro atoms. The molecule has 6 nitrogen and oxygen atoms in total. The van der Waals surface area contributed by atoms with Gasteiger partial charge in [-0.3, -0.25) is 19.4 Å². The van der Waals surface area contributed by atoms with Crippen molar-refractivity contribution in [3.63, 3.8) is 0 Å². The van der Waals surface area contributed by atoms with Crippen LogP contribution in [-0.2, 0) is 11.3 Å². The Bertz CT molecular complexity index is 1180. The van der Waals surface area contributed by atoms with Crippen LogP contribution >= 0.6 is 11.8 Å². The zero-order chi connectivity index (χ0) is 22.1. The van der Waals surface area contributed by atoms with Crippen LogP contribution in [0.1, 0.15) is 11.1 Å². The summed E-state index contributed by atoms with van der Waals surface area (Å²) in [6.07, 6.45) is 3.95. The number of para-hydroxylation sites is 1. The van der Waals surface area contributed by atoms with E-state index in [1.165, 1.54) is 10.5 Å². The summed E-state index contributed by atoms with van der Waals surface area (Å²) in [4.78, 5) is 32.0. The minimum atomic E-state index is -0.196. The Hall–Kier alpha value is -2.87. The van der Waals surface area contributed by atoms with Gasteiger partial charge in [-0.2, -0.15) is 0 Å². The van der Waals surface area contributed by atoms with E-state index in [4.69, 9.17) is 0 Å². The van der Waals surface area contributed by atoms with Crippen LogP contribution in [0.25, 0.3) is 17.0 Å². The van der Waals surface area contributed by atoms with Crippen LogP contribution in [-0.4, -0.2) is 70.3 Å². The highest BCUT2D eigenvalue weighted by Gasteiger charge is 2.36. The number of thioether (sulfide) groups is 1. The van der Waals surface area contributed by atoms with Gasteiger partial charge in [0.15, 0.2) is 0 Å². The molecule has 2 aliphatic heterocycles. The lowest BCUT2D eigenvalue weighted by Crippen LogP contribution is -2.49. The quantitative estimate of drug-likeness (QED) is 0.556. The zero-order valence-electron chi connectivity index (χ0n) is 18.1. The van der Waals surface area contributed by atoms with Crippen molar-refractivity contribution in [2.75, 3.05) is 39.9 Å². The molecule has 0 unspecified atom stereocenters. The van der Waals surface area contributed by atoms with E-state index in [2.05, 4.69) is 51.9 Å². The third kappa shape index (κ3) is 4.24. The molecule has 2 amide bonds. The summed E-state index contributed by atoms with van der Waals surface area (Å²) in [6.45, 7) is 4.75. The smallest absolute Gasteiger partial charge is 0.294 e. The van der Waals surface area contributed by atoms with E-state index in [-0.39, 0.29) is 11.1 Å². The lowest BCUT2D eigenvalue weighted by atomic mass is 10.1. The molecule has 3 aromatic rings. The third-order valence-electron chi connectivity index (χ3n) is 6.11. The van der Waals surface area contributed by atoms with Crippen molar-refractivity contribution in [3.05, 3.63) is 76.8 Å². The van der Waals surface area contributed by atoms with Gasteiger partial charge in [-0.1, -0.05) is 48.5 Å². The van der Waals surface area contributed by atoms with Gasteiger partial charge < -0.3 is 9.47 Å². The van der Waals surface area contributed by atoms with Crippen LogP contribution in [0.4, 0.5) is 4.79 Å². The van der Waals surface area contributed by atoms with Crippen molar-refractivity contribution >= 4 is 39.9 Å². The molecule has 2 saturated heterocycles. The van der Waals surface area contributed by atoms with Crippen molar-refractivity contribution in [2.45, 2.75) is 6.54 Å². The first-order chi connectivity index (χ1) is 15.6. The van der Waals surface area contributed by atoms with E-state index in [9.17, 15) is 9.59 Å². The molecule has 32 heavy (non-hydrogen) atoms. The van der Waals surface area contributed by atoms with Crippen LogP contribution in [0.3, 0.4) is 0 Å². The standard InChI is InChI=1S/C25H26N4O2S/c1-26-11-13-27(14-12-26)18-29-24(30)23(32-25(29)31)15-20-17-28(16-19-7-3-2-4-8-19)22-10-6-5-9-21(20)22/h2-10,15,17H,11-14,16,18H2,1H3/b23-15+. The number of carbonyl (C=O) groups excluding carboxylic acids is 2. The number of amides is 2. The van der Waals surface area contributed by atoms with Crippen LogP contribution in [0, 0.1) is 0 Å². The highest BCUT2D eigenvalue weighted by atomic mass is 32.2. The third-order valence-corrected chi connectivity index (χ3v) is 7.02. The van der Waals surface area contributed by atoms with E-state index in [1.807, 2.05) is 36.4 Å². The Balaban J connectivity index is 1.40. The number of nitrogens with zero attached hydrogens (tertiary/aromatic N) is 4. The fourth-order valence-corrected chi connectivity index (χ4v) is 5.08. The summed E-state index contributed by atoms with van der Waals surface area (Å²) in [5.74, 6) is -0.196. The lowest BCUT2D eigenvalue weighted by molar-refractivity contribution is -0.124. The van der Waals surface area contributed by atoms with Gasteiger partial charge >= 0.3 is 0 Å². The number of carbonyl (C=O) groups is 2. The molecule has 0 N–H and O–H groups in total. The molecule has 0 radical (unpaired) electrons. The average Bonchev–Trinajstić information content (AvgIpc) is 3.28. The van der Waals surface area contributed by atoms with Crippen molar-refractivity contribution < 1.29 is 9.59 Å². The van der Waals surface area contributed by atoms with Crippen LogP contribution in [0.2, 0.25) is 0 Å². The number of hydrogen-bond acceptors (Lipinski definition) is 5. The second-order valence-corrected chi connectivity index (χ2v) is 9.38. The first kappa shape index (κ1) is 21.0. The number of aromatic nitrogens is 1. The highest BCUT2D eigenvalue weighted by Crippen LogP contribution is 2.34. The molecule has 7 heteroatoms. The Morgan fingerprint density at radius 3 is 2.44 bits per heavy atom. The Morgan fingerprint density at radius 2 is 1.66 bits per heavy atom. The van der Waals surface area contributed by atoms with E-state index in [0.717, 1.165) is 61.0 Å². The molecule has 0 saturated carbocycles. The first-order valence-corrected chi connectivity index (χ1v) is 11.7. The maximum absolute atomic E-state index is 13.1. The van der Waals surface area contributed by atoms with Gasteiger partial charge in [0.2, 0.25) is 0 Å². The minimum Gasteiger partial charge on any atom is -0.342 e. The number of imide groups is 1. The predicted octanol–water partition coefficient (Wildman–Crippen LogP) is 3.93. The molecule has 1 aromatic heterocycles. The minimum absolute atomic E-state index is 0.187. The Morgan fingerprint density at radius 1 is 0.938 bits per heavy atom. The largest absolute Gasteiger partial charge is 0.342 e. The predicted molar refractivity (Wildman–Crippen MR) is 129 cm³/mol. The van der Waals surface area contributed by atoms with E-state index >= 15 is 0 Å². The van der Waals surface area contributed by atoms with E-state index in [1.54, 1.807) is 0 Å². The second-order valence-electron chi connectivity index (χ2n) is 8.39. The molecule has 3 heterocycles. The molecule has 0 bridgehead atoms. The van der Waals surface area contributed by atoms with Gasteiger partial charge in [-0.25, -0.2) is 0 Å².